The smallest absolute Gasteiger partial charge is 0.225 e. The molecule has 0 atom stereocenters. The second-order valence-corrected chi connectivity index (χ2v) is 6.70. The van der Waals surface area contributed by atoms with E-state index in [1.54, 1.807) is 12.1 Å². The largest absolute Gasteiger partial charge is 0.326 e. The number of nitrogens with one attached hydrogen (secondary N) is 1. The van der Waals surface area contributed by atoms with E-state index in [9.17, 15) is 13.2 Å². The number of hydrogen-bond donors (Lipinski definition) is 1. The number of amides is 1. The van der Waals surface area contributed by atoms with Crippen LogP contribution in [0.25, 0.3) is 0 Å². The molecule has 1 fully saturated rings. The third-order valence-corrected chi connectivity index (χ3v) is 4.33. The van der Waals surface area contributed by atoms with Gasteiger partial charge in [-0.25, -0.2) is 8.42 Å². The number of para-hydroxylation sites is 1. The second kappa shape index (κ2) is 5.71. The number of anilines is 1. The molecule has 19 heavy (non-hydrogen) atoms. The van der Waals surface area contributed by atoms with E-state index < -0.39 is 10.0 Å². The number of carbonyl (C=O) groups is 1. The molecule has 1 N–H and O–H groups in total. The average molecular weight is 282 g/mol. The molecule has 5 nitrogen and oxygen atoms in total. The summed E-state index contributed by atoms with van der Waals surface area (Å²) in [6.07, 6.45) is 3.17. The molecule has 0 radical (unpaired) electrons. The van der Waals surface area contributed by atoms with E-state index in [0.717, 1.165) is 18.5 Å². The van der Waals surface area contributed by atoms with Crippen LogP contribution in [0.3, 0.4) is 0 Å². The van der Waals surface area contributed by atoms with Crippen molar-refractivity contribution in [3.05, 3.63) is 30.3 Å². The molecule has 1 aromatic rings. The number of rotatable bonds is 6. The second-order valence-electron chi connectivity index (χ2n) is 4.77. The quantitative estimate of drug-likeness (QED) is 0.858. The number of sulfonamides is 1. The SMILES string of the molecule is CS(=O)(=O)N(CCC(=O)Nc1ccccc1)C1CC1. The van der Waals surface area contributed by atoms with Gasteiger partial charge in [0.2, 0.25) is 15.9 Å². The van der Waals surface area contributed by atoms with Gasteiger partial charge in [0.05, 0.1) is 6.26 Å². The summed E-state index contributed by atoms with van der Waals surface area (Å²) in [6, 6.07) is 9.24. The van der Waals surface area contributed by atoms with Crippen LogP contribution in [0.15, 0.2) is 30.3 Å². The van der Waals surface area contributed by atoms with Gasteiger partial charge in [0.1, 0.15) is 0 Å². The van der Waals surface area contributed by atoms with Crippen LogP contribution in [0, 0.1) is 0 Å². The Morgan fingerprint density at radius 3 is 2.47 bits per heavy atom. The normalized spacial score (nSPS) is 15.5. The van der Waals surface area contributed by atoms with Crippen LogP contribution in [-0.2, 0) is 14.8 Å². The lowest BCUT2D eigenvalue weighted by molar-refractivity contribution is -0.116. The molecule has 0 unspecified atom stereocenters. The molecule has 104 valence electrons. The Balaban J connectivity index is 1.86. The minimum absolute atomic E-state index is 0.0968. The first-order valence-corrected chi connectivity index (χ1v) is 8.13. The number of benzene rings is 1. The fourth-order valence-corrected chi connectivity index (χ4v) is 3.11. The Morgan fingerprint density at radius 1 is 1.32 bits per heavy atom. The maximum atomic E-state index is 11.8. The fraction of sp³-hybridized carbons (Fsp3) is 0.462. The molecule has 0 aliphatic heterocycles. The van der Waals surface area contributed by atoms with Gasteiger partial charge in [-0.1, -0.05) is 18.2 Å². The molecular formula is C13H18N2O3S. The van der Waals surface area contributed by atoms with Crippen molar-refractivity contribution in [3.8, 4) is 0 Å². The monoisotopic (exact) mass is 282 g/mol. The first kappa shape index (κ1) is 14.0. The number of carbonyl (C=O) groups excluding carboxylic acids is 1. The predicted molar refractivity (Wildman–Crippen MR) is 74.3 cm³/mol. The van der Waals surface area contributed by atoms with Crippen LogP contribution >= 0.6 is 0 Å². The molecular weight excluding hydrogens is 264 g/mol. The van der Waals surface area contributed by atoms with Gasteiger partial charge in [0.25, 0.3) is 0 Å². The van der Waals surface area contributed by atoms with Gasteiger partial charge in [0.15, 0.2) is 0 Å². The van der Waals surface area contributed by atoms with E-state index in [4.69, 9.17) is 0 Å². The van der Waals surface area contributed by atoms with E-state index in [-0.39, 0.29) is 24.9 Å². The Bertz CT molecular complexity index is 538. The first-order chi connectivity index (χ1) is 8.97. The Kier molecular flexibility index (Phi) is 4.21. The van der Waals surface area contributed by atoms with E-state index in [2.05, 4.69) is 5.32 Å². The van der Waals surface area contributed by atoms with Crippen LogP contribution in [0.1, 0.15) is 19.3 Å². The van der Waals surface area contributed by atoms with Crippen molar-refractivity contribution >= 4 is 21.6 Å². The molecule has 1 aromatic carbocycles. The summed E-state index contributed by atoms with van der Waals surface area (Å²) in [6.45, 7) is 0.252. The predicted octanol–water partition coefficient (Wildman–Crippen LogP) is 1.44. The Morgan fingerprint density at radius 2 is 1.95 bits per heavy atom. The lowest BCUT2D eigenvalue weighted by Gasteiger charge is -2.18. The van der Waals surface area contributed by atoms with Crippen LogP contribution < -0.4 is 5.32 Å². The summed E-state index contributed by atoms with van der Waals surface area (Å²) in [4.78, 5) is 11.8. The van der Waals surface area contributed by atoms with Gasteiger partial charge in [0, 0.05) is 24.7 Å². The van der Waals surface area contributed by atoms with Gasteiger partial charge in [-0.15, -0.1) is 0 Å². The Labute approximate surface area is 113 Å². The number of hydrogen-bond acceptors (Lipinski definition) is 3. The summed E-state index contributed by atoms with van der Waals surface area (Å²) in [5.41, 5.74) is 0.727. The molecule has 0 aromatic heterocycles. The summed E-state index contributed by atoms with van der Waals surface area (Å²) < 4.78 is 24.6. The maximum Gasteiger partial charge on any atom is 0.225 e. The minimum Gasteiger partial charge on any atom is -0.326 e. The van der Waals surface area contributed by atoms with Gasteiger partial charge in [-0.2, -0.15) is 4.31 Å². The third kappa shape index (κ3) is 4.33. The van der Waals surface area contributed by atoms with Crippen LogP contribution in [0.2, 0.25) is 0 Å². The highest BCUT2D eigenvalue weighted by molar-refractivity contribution is 7.88. The molecule has 0 saturated heterocycles. The number of nitrogens with zero attached hydrogens (tertiary/aromatic N) is 1. The summed E-state index contributed by atoms with van der Waals surface area (Å²) >= 11 is 0. The maximum absolute atomic E-state index is 11.8. The van der Waals surface area contributed by atoms with E-state index in [1.807, 2.05) is 18.2 Å². The van der Waals surface area contributed by atoms with Crippen molar-refractivity contribution in [3.63, 3.8) is 0 Å². The van der Waals surface area contributed by atoms with Gasteiger partial charge in [-0.05, 0) is 25.0 Å². The zero-order valence-electron chi connectivity index (χ0n) is 10.9. The topological polar surface area (TPSA) is 66.5 Å². The highest BCUT2D eigenvalue weighted by Gasteiger charge is 2.34. The fourth-order valence-electron chi connectivity index (χ4n) is 1.94. The van der Waals surface area contributed by atoms with Crippen molar-refractivity contribution in [2.75, 3.05) is 18.1 Å². The standard InChI is InChI=1S/C13H18N2O3S/c1-19(17,18)15(12-7-8-12)10-9-13(16)14-11-5-3-2-4-6-11/h2-6,12H,7-10H2,1H3,(H,14,16). The van der Waals surface area contributed by atoms with E-state index in [1.165, 1.54) is 10.6 Å². The van der Waals surface area contributed by atoms with Crippen molar-refractivity contribution in [2.24, 2.45) is 0 Å². The van der Waals surface area contributed by atoms with E-state index in [0.29, 0.717) is 0 Å². The minimum atomic E-state index is -3.22. The van der Waals surface area contributed by atoms with Gasteiger partial charge >= 0.3 is 0 Å². The molecule has 1 aliphatic carbocycles. The van der Waals surface area contributed by atoms with Crippen LogP contribution in [0.4, 0.5) is 5.69 Å². The van der Waals surface area contributed by atoms with Crippen LogP contribution in [0.5, 0.6) is 0 Å². The van der Waals surface area contributed by atoms with E-state index >= 15 is 0 Å². The van der Waals surface area contributed by atoms with Crippen LogP contribution in [-0.4, -0.2) is 37.5 Å². The van der Waals surface area contributed by atoms with Crippen molar-refractivity contribution in [1.82, 2.24) is 4.31 Å². The zero-order valence-corrected chi connectivity index (χ0v) is 11.7. The molecule has 1 saturated carbocycles. The molecule has 2 rings (SSSR count). The average Bonchev–Trinajstić information content (AvgIpc) is 3.13. The van der Waals surface area contributed by atoms with Crippen molar-refractivity contribution < 1.29 is 13.2 Å². The molecule has 1 amide bonds. The van der Waals surface area contributed by atoms with Crippen molar-refractivity contribution in [1.29, 1.82) is 0 Å². The van der Waals surface area contributed by atoms with Gasteiger partial charge in [-0.3, -0.25) is 4.79 Å². The lowest BCUT2D eigenvalue weighted by Crippen LogP contribution is -2.34. The molecule has 1 aliphatic rings. The lowest BCUT2D eigenvalue weighted by atomic mass is 10.3. The first-order valence-electron chi connectivity index (χ1n) is 6.28. The molecule has 0 spiro atoms. The molecule has 0 bridgehead atoms. The highest BCUT2D eigenvalue weighted by atomic mass is 32.2. The molecule has 6 heteroatoms. The van der Waals surface area contributed by atoms with Crippen molar-refractivity contribution in [2.45, 2.75) is 25.3 Å². The molecule has 0 heterocycles. The summed E-state index contributed by atoms with van der Waals surface area (Å²) in [5, 5.41) is 2.75. The summed E-state index contributed by atoms with van der Waals surface area (Å²) in [5.74, 6) is -0.166. The Hall–Kier alpha value is -1.40. The highest BCUT2D eigenvalue weighted by Crippen LogP contribution is 2.28. The third-order valence-electron chi connectivity index (χ3n) is 3.00. The summed E-state index contributed by atoms with van der Waals surface area (Å²) in [7, 11) is -3.22. The van der Waals surface area contributed by atoms with Gasteiger partial charge < -0.3 is 5.32 Å². The zero-order chi connectivity index (χ0) is 13.9.